The van der Waals surface area contributed by atoms with Gasteiger partial charge in [0.2, 0.25) is 65.0 Å². The first-order valence-corrected chi connectivity index (χ1v) is 31.4. The van der Waals surface area contributed by atoms with Gasteiger partial charge in [-0.2, -0.15) is 11.8 Å². The number of amides is 11. The minimum atomic E-state index is -1.33. The van der Waals surface area contributed by atoms with E-state index in [2.05, 4.69) is 62.8 Å². The summed E-state index contributed by atoms with van der Waals surface area (Å²) in [6, 6.07) is -1.16. The largest absolute Gasteiger partial charge is 0.370 e. The number of imidazole rings is 1. The molecule has 3 rings (SSSR count). The second-order valence-corrected chi connectivity index (χ2v) is 23.4. The predicted octanol–water partition coefficient (Wildman–Crippen LogP) is 1.17. The Labute approximate surface area is 508 Å². The van der Waals surface area contributed by atoms with Crippen LogP contribution < -0.4 is 65.1 Å². The van der Waals surface area contributed by atoms with Crippen LogP contribution in [0.25, 0.3) is 10.9 Å². The third-order valence-electron chi connectivity index (χ3n) is 14.2. The number of aromatic nitrogens is 3. The van der Waals surface area contributed by atoms with E-state index >= 15 is 0 Å². The van der Waals surface area contributed by atoms with Crippen LogP contribution in [0.15, 0.2) is 43.0 Å². The highest BCUT2D eigenvalue weighted by atomic mass is 32.2. The molecule has 0 spiro atoms. The van der Waals surface area contributed by atoms with Gasteiger partial charge < -0.3 is 75.0 Å². The van der Waals surface area contributed by atoms with Crippen molar-refractivity contribution in [3.63, 3.8) is 0 Å². The molecule has 0 fully saturated rings. The fourth-order valence-electron chi connectivity index (χ4n) is 9.35. The van der Waals surface area contributed by atoms with Crippen LogP contribution in [0.3, 0.4) is 0 Å². The summed E-state index contributed by atoms with van der Waals surface area (Å²) < 4.78 is 0. The van der Waals surface area contributed by atoms with Crippen LogP contribution in [0.2, 0.25) is 0 Å². The van der Waals surface area contributed by atoms with E-state index in [-0.39, 0.29) is 56.8 Å². The Morgan fingerprint density at radius 3 is 1.80 bits per heavy atom. The summed E-state index contributed by atoms with van der Waals surface area (Å²) in [5.41, 5.74) is 18.4. The Bertz CT molecular complexity index is 2650. The van der Waals surface area contributed by atoms with E-state index in [9.17, 15) is 52.7 Å². The molecule has 0 aliphatic heterocycles. The van der Waals surface area contributed by atoms with E-state index in [1.165, 1.54) is 31.2 Å². The molecule has 0 saturated heterocycles. The minimum Gasteiger partial charge on any atom is -0.370 e. The zero-order valence-corrected chi connectivity index (χ0v) is 51.7. The summed E-state index contributed by atoms with van der Waals surface area (Å²) in [6.45, 7) is 8.99. The standard InChI is InChI=1S/C59H95N15O11S/c1-36(2)29-45(57(83)71-43(53(62)79)25-28-86-6)72-58(84)47(31-40-33-63-35-67-40)70-51(78)34-66-59(85)52(37(3)4)74-54(80)38(5)68-56(82)46(30-39-32-65-42-20-16-15-19-41(39)42)73-55(81)44(23-24-48(61)75)69-50(77)22-14-10-8-12-18-27-64-49(76)21-13-9-7-11-17-26-60/h15-16,19-20,32-33,35-38,43-47,52,65H,7-14,17-18,21-31,34,60H2,1-6H3,(H2,61,75)(H2,62,79)(H,63,67)(H,64,76)(H,66,85)(H,68,82)(H,69,77)(H,70,78)(H,71,83)(H,72,84)(H,73,81)(H,74,80)/t38-,43-,44-,45-,46-,47-,52-/m0/s1. The topological polar surface area (TPSA) is 419 Å². The molecule has 11 amide bonds. The van der Waals surface area contributed by atoms with E-state index in [1.54, 1.807) is 20.0 Å². The van der Waals surface area contributed by atoms with Crippen molar-refractivity contribution in [2.75, 3.05) is 31.6 Å². The molecule has 17 N–H and O–H groups in total. The molecule has 3 aromatic rings. The van der Waals surface area contributed by atoms with Gasteiger partial charge in [0.25, 0.3) is 0 Å². The maximum absolute atomic E-state index is 14.3. The number of nitrogens with one attached hydrogen (secondary N) is 11. The third-order valence-corrected chi connectivity index (χ3v) is 14.9. The highest BCUT2D eigenvalue weighted by Gasteiger charge is 2.34. The van der Waals surface area contributed by atoms with Gasteiger partial charge in [0.15, 0.2) is 0 Å². The van der Waals surface area contributed by atoms with Gasteiger partial charge in [-0.1, -0.05) is 84.4 Å². The van der Waals surface area contributed by atoms with Crippen LogP contribution in [-0.4, -0.2) is 154 Å². The van der Waals surface area contributed by atoms with Gasteiger partial charge >= 0.3 is 0 Å². The smallest absolute Gasteiger partial charge is 0.243 e. The minimum absolute atomic E-state index is 0.0412. The molecule has 27 heteroatoms. The Hall–Kier alpha value is -7.55. The van der Waals surface area contributed by atoms with Crippen molar-refractivity contribution >= 4 is 87.6 Å². The first kappa shape index (κ1) is 72.7. The third kappa shape index (κ3) is 28.1. The average Bonchev–Trinajstić information content (AvgIpc) is 2.56. The van der Waals surface area contributed by atoms with Crippen molar-refractivity contribution in [1.29, 1.82) is 0 Å². The van der Waals surface area contributed by atoms with Crippen LogP contribution in [0.1, 0.15) is 149 Å². The van der Waals surface area contributed by atoms with Crippen molar-refractivity contribution in [3.05, 3.63) is 54.2 Å². The van der Waals surface area contributed by atoms with Gasteiger partial charge in [-0.3, -0.25) is 52.7 Å². The number of H-pyrrole nitrogens is 2. The van der Waals surface area contributed by atoms with Crippen molar-refractivity contribution in [2.45, 2.75) is 192 Å². The number of thioether (sulfide) groups is 1. The monoisotopic (exact) mass is 1220 g/mol. The number of nitrogens with two attached hydrogens (primary N) is 3. The van der Waals surface area contributed by atoms with Gasteiger partial charge in [0, 0.05) is 67.6 Å². The summed E-state index contributed by atoms with van der Waals surface area (Å²) in [5, 5.41) is 24.9. The van der Waals surface area contributed by atoms with Crippen molar-refractivity contribution in [3.8, 4) is 0 Å². The fourth-order valence-corrected chi connectivity index (χ4v) is 9.82. The van der Waals surface area contributed by atoms with Crippen molar-refractivity contribution in [2.24, 2.45) is 29.0 Å². The zero-order valence-electron chi connectivity index (χ0n) is 50.9. The highest BCUT2D eigenvalue weighted by Crippen LogP contribution is 2.20. The maximum atomic E-state index is 14.3. The molecule has 0 aliphatic rings. The maximum Gasteiger partial charge on any atom is 0.243 e. The summed E-state index contributed by atoms with van der Waals surface area (Å²) >= 11 is 1.47. The summed E-state index contributed by atoms with van der Waals surface area (Å²) in [4.78, 5) is 156. The Balaban J connectivity index is 1.66. The molecule has 1 aromatic carbocycles. The summed E-state index contributed by atoms with van der Waals surface area (Å²) in [6.07, 6.45) is 15.6. The molecule has 0 saturated carbocycles. The lowest BCUT2D eigenvalue weighted by Gasteiger charge is -2.26. The van der Waals surface area contributed by atoms with E-state index in [0.717, 1.165) is 68.7 Å². The number of rotatable bonds is 44. The molecule has 0 radical (unpaired) electrons. The van der Waals surface area contributed by atoms with Crippen LogP contribution >= 0.6 is 11.8 Å². The van der Waals surface area contributed by atoms with Crippen LogP contribution in [0.5, 0.6) is 0 Å². The Morgan fingerprint density at radius 2 is 1.16 bits per heavy atom. The molecule has 0 aliphatic carbocycles. The van der Waals surface area contributed by atoms with E-state index in [0.29, 0.717) is 42.9 Å². The number of benzene rings is 1. The Kier molecular flexibility index (Phi) is 33.8. The van der Waals surface area contributed by atoms with Gasteiger partial charge in [0.1, 0.15) is 42.3 Å². The molecule has 86 heavy (non-hydrogen) atoms. The lowest BCUT2D eigenvalue weighted by molar-refractivity contribution is -0.135. The molecule has 2 heterocycles. The second-order valence-electron chi connectivity index (χ2n) is 22.4. The highest BCUT2D eigenvalue weighted by molar-refractivity contribution is 7.98. The molecule has 478 valence electrons. The molecule has 26 nitrogen and oxygen atoms in total. The van der Waals surface area contributed by atoms with Gasteiger partial charge in [0.05, 0.1) is 12.9 Å². The van der Waals surface area contributed by atoms with Gasteiger partial charge in [-0.25, -0.2) is 4.98 Å². The van der Waals surface area contributed by atoms with Gasteiger partial charge in [-0.15, -0.1) is 0 Å². The lowest BCUT2D eigenvalue weighted by Crippen LogP contribution is -2.59. The number of para-hydroxylation sites is 1. The first-order valence-electron chi connectivity index (χ1n) is 30.0. The average molecular weight is 1220 g/mol. The summed E-state index contributed by atoms with van der Waals surface area (Å²) in [7, 11) is 0. The Morgan fingerprint density at radius 1 is 0.570 bits per heavy atom. The van der Waals surface area contributed by atoms with Gasteiger partial charge in [-0.05, 0) is 93.9 Å². The molecule has 7 atom stereocenters. The first-order chi connectivity index (χ1) is 41.0. The molecule has 0 bridgehead atoms. The van der Waals surface area contributed by atoms with Crippen molar-refractivity contribution < 1.29 is 52.7 Å². The molecule has 0 unspecified atom stereocenters. The molecular weight excluding hydrogens is 1130 g/mol. The number of nitrogens with zero attached hydrogens (tertiary/aromatic N) is 1. The van der Waals surface area contributed by atoms with E-state index < -0.39 is 114 Å². The number of carbonyl (C=O) groups excluding carboxylic acids is 11. The molecular formula is C59H95N15O11S. The quantitative estimate of drug-likeness (QED) is 0.0354. The SMILES string of the molecule is CSCC[C@H](NC(=O)[C@H](CC(C)C)NC(=O)[C@H](Cc1cnc[nH]1)NC(=O)CNC(=O)[C@@H](NC(=O)[C@H](C)NC(=O)[C@H](Cc1c[nH]c2ccccc12)NC(=O)[C@H](CCC(N)=O)NC(=O)CCCCCCCNC(=O)CCCCCCCN)C(C)C)C(N)=O. The fraction of sp³-hybridized carbons (Fsp3) is 0.627. The number of aromatic amines is 2. The molecule has 2 aromatic heterocycles. The number of carbonyl (C=O) groups is 11. The van der Waals surface area contributed by atoms with Crippen LogP contribution in [0, 0.1) is 11.8 Å². The zero-order chi connectivity index (χ0) is 63.6. The summed E-state index contributed by atoms with van der Waals surface area (Å²) in [5.74, 6) is -7.18. The number of primary amides is 2. The predicted molar refractivity (Wildman–Crippen MR) is 329 cm³/mol. The normalized spacial score (nSPS) is 13.7. The van der Waals surface area contributed by atoms with Crippen molar-refractivity contribution in [1.82, 2.24) is 62.8 Å². The number of hydrogen-bond acceptors (Lipinski definition) is 14. The van der Waals surface area contributed by atoms with Crippen LogP contribution in [-0.2, 0) is 65.6 Å². The van der Waals surface area contributed by atoms with Crippen LogP contribution in [0.4, 0.5) is 0 Å². The number of fused-ring (bicyclic) bond motifs is 1. The number of unbranched alkanes of at least 4 members (excludes halogenated alkanes) is 8. The second kappa shape index (κ2) is 39.9. The van der Waals surface area contributed by atoms with E-state index in [1.807, 2.05) is 44.4 Å². The number of hydrogen-bond donors (Lipinski definition) is 14. The van der Waals surface area contributed by atoms with E-state index in [4.69, 9.17) is 17.2 Å². The lowest BCUT2D eigenvalue weighted by atomic mass is 10.0.